The average Bonchev–Trinajstić information content (AvgIpc) is 3.75. The molecule has 0 amide bonds. The summed E-state index contributed by atoms with van der Waals surface area (Å²) in [4.78, 5) is 0. The minimum absolute atomic E-state index is 1.17. The Kier molecular flexibility index (Phi) is 5.19. The summed E-state index contributed by atoms with van der Waals surface area (Å²) >= 11 is 1.87. The Morgan fingerprint density at radius 1 is 0.333 bits per heavy atom. The van der Waals surface area contributed by atoms with E-state index in [9.17, 15) is 0 Å². The van der Waals surface area contributed by atoms with Gasteiger partial charge in [0.25, 0.3) is 0 Å². The summed E-state index contributed by atoms with van der Waals surface area (Å²) < 4.78 is 7.51. The van der Waals surface area contributed by atoms with Crippen molar-refractivity contribution in [3.8, 4) is 22.5 Å². The summed E-state index contributed by atoms with van der Waals surface area (Å²) in [6.45, 7) is 0. The molecule has 0 saturated heterocycles. The second-order valence-corrected chi connectivity index (χ2v) is 12.8. The number of fused-ring (bicyclic) bond motifs is 10. The first kappa shape index (κ1) is 24.8. The maximum absolute atomic E-state index is 2.44. The molecule has 3 heterocycles. The molecule has 2 nitrogen and oxygen atoms in total. The molecule has 0 unspecified atom stereocenters. The molecule has 0 aliphatic rings. The standard InChI is InChI=1S/C42H26N2S/c1-3-11-29(12-4-1)43-35-17-9-7-16-33(35)41-36(43)23-24-37-42(41)34-22-20-27(25-38(34)44(37)30-13-5-2-6-14-30)28-19-21-32-31-15-8-10-18-39(31)45-40(32)26-28/h1-26H. The zero-order valence-electron chi connectivity index (χ0n) is 24.3. The first-order chi connectivity index (χ1) is 22.3. The molecule has 0 atom stereocenters. The molecule has 0 bridgehead atoms. The van der Waals surface area contributed by atoms with E-state index >= 15 is 0 Å². The molecular weight excluding hydrogens is 565 g/mol. The van der Waals surface area contributed by atoms with Gasteiger partial charge in [-0.3, -0.25) is 0 Å². The summed E-state index contributed by atoms with van der Waals surface area (Å²) in [5, 5.41) is 7.80. The number of benzene rings is 7. The maximum atomic E-state index is 2.44. The number of thiophene rings is 1. The fourth-order valence-corrected chi connectivity index (χ4v) is 8.51. The van der Waals surface area contributed by atoms with Gasteiger partial charge in [0.05, 0.1) is 22.1 Å². The molecule has 0 aliphatic carbocycles. The van der Waals surface area contributed by atoms with Crippen LogP contribution in [-0.2, 0) is 0 Å². The zero-order valence-corrected chi connectivity index (χ0v) is 25.1. The molecule has 0 radical (unpaired) electrons. The number of nitrogens with zero attached hydrogens (tertiary/aromatic N) is 2. The number of hydrogen-bond donors (Lipinski definition) is 0. The van der Waals surface area contributed by atoms with Crippen molar-refractivity contribution in [3.05, 3.63) is 158 Å². The molecule has 7 aromatic carbocycles. The summed E-state index contributed by atoms with van der Waals surface area (Å²) in [5.74, 6) is 0. The minimum atomic E-state index is 1.17. The SMILES string of the molecule is c1ccc(-n2c3ccccc3c3c4c5ccc(-c6ccc7c(c6)sc6ccccc67)cc5n(-c5ccccc5)c4ccc32)cc1. The normalized spacial score (nSPS) is 12.0. The Labute approximate surface area is 263 Å². The molecular formula is C42H26N2S. The van der Waals surface area contributed by atoms with Gasteiger partial charge in [-0.2, -0.15) is 0 Å². The monoisotopic (exact) mass is 590 g/mol. The minimum Gasteiger partial charge on any atom is -0.309 e. The lowest BCUT2D eigenvalue weighted by atomic mass is 10.0. The highest BCUT2D eigenvalue weighted by Crippen LogP contribution is 2.43. The van der Waals surface area contributed by atoms with E-state index in [0.717, 1.165) is 0 Å². The van der Waals surface area contributed by atoms with E-state index in [1.165, 1.54) is 86.3 Å². The molecule has 10 rings (SSSR count). The lowest BCUT2D eigenvalue weighted by Gasteiger charge is -2.09. The molecule has 210 valence electrons. The summed E-state index contributed by atoms with van der Waals surface area (Å²) in [7, 11) is 0. The zero-order chi connectivity index (χ0) is 29.5. The lowest BCUT2D eigenvalue weighted by molar-refractivity contribution is 1.17. The van der Waals surface area contributed by atoms with E-state index < -0.39 is 0 Å². The van der Waals surface area contributed by atoms with Gasteiger partial charge in [-0.05, 0) is 71.8 Å². The van der Waals surface area contributed by atoms with Gasteiger partial charge < -0.3 is 9.13 Å². The molecule has 0 saturated carbocycles. The van der Waals surface area contributed by atoms with Crippen LogP contribution in [0.25, 0.3) is 86.3 Å². The Hall–Kier alpha value is -5.64. The van der Waals surface area contributed by atoms with Crippen LogP contribution in [0.15, 0.2) is 158 Å². The van der Waals surface area contributed by atoms with E-state index in [2.05, 4.69) is 167 Å². The number of rotatable bonds is 3. The number of para-hydroxylation sites is 3. The highest BCUT2D eigenvalue weighted by molar-refractivity contribution is 7.25. The van der Waals surface area contributed by atoms with E-state index in [0.29, 0.717) is 0 Å². The van der Waals surface area contributed by atoms with Crippen LogP contribution in [0.4, 0.5) is 0 Å². The second kappa shape index (κ2) is 9.43. The average molecular weight is 591 g/mol. The Bertz CT molecular complexity index is 2740. The second-order valence-electron chi connectivity index (χ2n) is 11.8. The van der Waals surface area contributed by atoms with Gasteiger partial charge in [-0.15, -0.1) is 11.3 Å². The van der Waals surface area contributed by atoms with Crippen LogP contribution in [0.5, 0.6) is 0 Å². The van der Waals surface area contributed by atoms with Crippen molar-refractivity contribution < 1.29 is 0 Å². The third-order valence-corrected chi connectivity index (χ3v) is 10.4. The van der Waals surface area contributed by atoms with Crippen LogP contribution < -0.4 is 0 Å². The quantitative estimate of drug-likeness (QED) is 0.194. The van der Waals surface area contributed by atoms with E-state index in [1.54, 1.807) is 0 Å². The first-order valence-electron chi connectivity index (χ1n) is 15.4. The first-order valence-corrected chi connectivity index (χ1v) is 16.2. The van der Waals surface area contributed by atoms with E-state index in [1.807, 2.05) is 11.3 Å². The van der Waals surface area contributed by atoms with Crippen LogP contribution in [0.2, 0.25) is 0 Å². The van der Waals surface area contributed by atoms with Crippen LogP contribution >= 0.6 is 11.3 Å². The van der Waals surface area contributed by atoms with Crippen molar-refractivity contribution in [3.63, 3.8) is 0 Å². The van der Waals surface area contributed by atoms with Crippen LogP contribution in [0.1, 0.15) is 0 Å². The third kappa shape index (κ3) is 3.56. The topological polar surface area (TPSA) is 9.86 Å². The van der Waals surface area contributed by atoms with Crippen molar-refractivity contribution in [2.45, 2.75) is 0 Å². The molecule has 45 heavy (non-hydrogen) atoms. The van der Waals surface area contributed by atoms with Crippen molar-refractivity contribution in [1.82, 2.24) is 9.13 Å². The van der Waals surface area contributed by atoms with Crippen molar-refractivity contribution in [2.24, 2.45) is 0 Å². The molecule has 10 aromatic rings. The Morgan fingerprint density at radius 3 is 1.56 bits per heavy atom. The van der Waals surface area contributed by atoms with Crippen LogP contribution in [0.3, 0.4) is 0 Å². The van der Waals surface area contributed by atoms with Gasteiger partial charge in [0.2, 0.25) is 0 Å². The van der Waals surface area contributed by atoms with Gasteiger partial charge in [-0.1, -0.05) is 97.1 Å². The predicted molar refractivity (Wildman–Crippen MR) is 193 cm³/mol. The molecule has 0 fully saturated rings. The van der Waals surface area contributed by atoms with Gasteiger partial charge in [-0.25, -0.2) is 0 Å². The lowest BCUT2D eigenvalue weighted by Crippen LogP contribution is -1.94. The van der Waals surface area contributed by atoms with Crippen molar-refractivity contribution in [2.75, 3.05) is 0 Å². The van der Waals surface area contributed by atoms with Gasteiger partial charge in [0, 0.05) is 53.1 Å². The van der Waals surface area contributed by atoms with Gasteiger partial charge in [0.1, 0.15) is 0 Å². The molecule has 0 N–H and O–H groups in total. The highest BCUT2D eigenvalue weighted by atomic mass is 32.1. The van der Waals surface area contributed by atoms with Gasteiger partial charge >= 0.3 is 0 Å². The number of hydrogen-bond acceptors (Lipinski definition) is 1. The number of aromatic nitrogens is 2. The summed E-state index contributed by atoms with van der Waals surface area (Å²) in [6, 6.07) is 57.6. The predicted octanol–water partition coefficient (Wildman–Crippen LogP) is 11.9. The Balaban J connectivity index is 1.30. The third-order valence-electron chi connectivity index (χ3n) is 9.31. The highest BCUT2D eigenvalue weighted by Gasteiger charge is 2.21. The van der Waals surface area contributed by atoms with E-state index in [4.69, 9.17) is 0 Å². The summed E-state index contributed by atoms with van der Waals surface area (Å²) in [6.07, 6.45) is 0. The van der Waals surface area contributed by atoms with Crippen LogP contribution in [-0.4, -0.2) is 9.13 Å². The maximum Gasteiger partial charge on any atom is 0.0548 e. The largest absolute Gasteiger partial charge is 0.309 e. The van der Waals surface area contributed by atoms with Crippen molar-refractivity contribution >= 4 is 75.1 Å². The molecule has 0 aliphatic heterocycles. The molecule has 0 spiro atoms. The van der Waals surface area contributed by atoms with Crippen LogP contribution in [0, 0.1) is 0 Å². The smallest absolute Gasteiger partial charge is 0.0548 e. The molecule has 3 aromatic heterocycles. The Morgan fingerprint density at radius 2 is 0.844 bits per heavy atom. The fraction of sp³-hybridized carbons (Fsp3) is 0. The molecule has 3 heteroatoms. The van der Waals surface area contributed by atoms with E-state index in [-0.39, 0.29) is 0 Å². The fourth-order valence-electron chi connectivity index (χ4n) is 7.36. The van der Waals surface area contributed by atoms with Gasteiger partial charge in [0.15, 0.2) is 0 Å². The van der Waals surface area contributed by atoms with Crippen molar-refractivity contribution in [1.29, 1.82) is 0 Å². The summed E-state index contributed by atoms with van der Waals surface area (Å²) in [5.41, 5.74) is 9.69.